The van der Waals surface area contributed by atoms with Gasteiger partial charge in [-0.2, -0.15) is 21.6 Å². The Balaban J connectivity index is 1.92. The van der Waals surface area contributed by atoms with Crippen LogP contribution in [0.25, 0.3) is 0 Å². The molecule has 1 aliphatic carbocycles. The number of fused-ring (bicyclic) bond motifs is 1. The summed E-state index contributed by atoms with van der Waals surface area (Å²) in [4.78, 5) is 3.69. The van der Waals surface area contributed by atoms with Crippen LogP contribution in [0.4, 0.5) is 37.7 Å². The molecular weight excluding hydrogens is 442 g/mol. The van der Waals surface area contributed by atoms with Crippen LogP contribution in [-0.2, 0) is 23.0 Å². The second-order valence-corrected chi connectivity index (χ2v) is 7.86. The topological polar surface area (TPSA) is 77.5 Å². The number of rotatable bonds is 5. The van der Waals surface area contributed by atoms with E-state index in [9.17, 15) is 34.8 Å². The number of alkyl halides is 6. The van der Waals surface area contributed by atoms with Crippen LogP contribution in [0.3, 0.4) is 0 Å². The van der Waals surface area contributed by atoms with Crippen molar-refractivity contribution in [3.05, 3.63) is 41.6 Å². The number of nitrogens with one attached hydrogen (secondary N) is 1. The van der Waals surface area contributed by atoms with Crippen molar-refractivity contribution in [2.45, 2.75) is 37.6 Å². The van der Waals surface area contributed by atoms with Gasteiger partial charge in [-0.15, -0.1) is 13.2 Å². The fourth-order valence-electron chi connectivity index (χ4n) is 2.97. The first kappa shape index (κ1) is 22.0. The van der Waals surface area contributed by atoms with Crippen molar-refractivity contribution >= 4 is 21.5 Å². The Kier molecular flexibility index (Phi) is 5.76. The molecule has 0 unspecified atom stereocenters. The molecule has 0 bridgehead atoms. The van der Waals surface area contributed by atoms with Gasteiger partial charge in [-0.1, -0.05) is 6.07 Å². The van der Waals surface area contributed by atoms with E-state index in [-0.39, 0.29) is 17.7 Å². The number of ether oxygens (including phenoxy) is 1. The predicted octanol–water partition coefficient (Wildman–Crippen LogP) is 4.83. The van der Waals surface area contributed by atoms with Crippen LogP contribution >= 0.6 is 0 Å². The molecule has 30 heavy (non-hydrogen) atoms. The van der Waals surface area contributed by atoms with E-state index in [0.717, 1.165) is 18.3 Å². The highest BCUT2D eigenvalue weighted by atomic mass is 32.2. The van der Waals surface area contributed by atoms with Gasteiger partial charge >= 0.3 is 22.0 Å². The SMILES string of the molecule is O=S(=O)(Oc1ncc(Nc2cccc(OC(F)(F)F)c2)c2c1CCCC2)C(F)(F)F. The quantitative estimate of drug-likeness (QED) is 0.395. The van der Waals surface area contributed by atoms with E-state index >= 15 is 0 Å². The maximum absolute atomic E-state index is 12.6. The van der Waals surface area contributed by atoms with Gasteiger partial charge < -0.3 is 14.2 Å². The number of anilines is 2. The molecule has 1 N–H and O–H groups in total. The van der Waals surface area contributed by atoms with E-state index in [4.69, 9.17) is 0 Å². The summed E-state index contributed by atoms with van der Waals surface area (Å²) in [6.45, 7) is 0. The molecule has 0 saturated carbocycles. The van der Waals surface area contributed by atoms with Crippen LogP contribution in [0.1, 0.15) is 24.0 Å². The van der Waals surface area contributed by atoms with Crippen LogP contribution in [0.2, 0.25) is 0 Å². The summed E-state index contributed by atoms with van der Waals surface area (Å²) < 4.78 is 106. The molecule has 0 fully saturated rings. The normalized spacial score (nSPS) is 14.7. The lowest BCUT2D eigenvalue weighted by Gasteiger charge is -2.22. The number of hydrogen-bond acceptors (Lipinski definition) is 6. The average Bonchev–Trinajstić information content (AvgIpc) is 2.61. The number of halogens is 6. The Morgan fingerprint density at radius 2 is 1.67 bits per heavy atom. The van der Waals surface area contributed by atoms with Crippen molar-refractivity contribution in [2.75, 3.05) is 5.32 Å². The highest BCUT2D eigenvalue weighted by Gasteiger charge is 2.49. The van der Waals surface area contributed by atoms with Gasteiger partial charge in [0, 0.05) is 17.3 Å². The Hall–Kier alpha value is -2.70. The molecule has 1 aromatic carbocycles. The third kappa shape index (κ3) is 5.07. The van der Waals surface area contributed by atoms with Gasteiger partial charge in [-0.25, -0.2) is 4.98 Å². The third-order valence-corrected chi connectivity index (χ3v) is 5.12. The fourth-order valence-corrected chi connectivity index (χ4v) is 3.42. The van der Waals surface area contributed by atoms with Gasteiger partial charge in [0.05, 0.1) is 11.9 Å². The summed E-state index contributed by atoms with van der Waals surface area (Å²) in [5, 5.41) is 2.84. The van der Waals surface area contributed by atoms with Crippen LogP contribution < -0.4 is 14.2 Å². The Morgan fingerprint density at radius 3 is 2.30 bits per heavy atom. The molecule has 0 saturated heterocycles. The standard InChI is InChI=1S/C17H14F6N2O4S/c18-16(19,20)28-11-5-3-4-10(8-11)25-14-9-24-15(13-7-2-1-6-12(13)14)29-30(26,27)17(21,22)23/h3-5,8-9,25H,1-2,6-7H2. The highest BCUT2D eigenvalue weighted by Crippen LogP contribution is 2.37. The Morgan fingerprint density at radius 1 is 1.00 bits per heavy atom. The van der Waals surface area contributed by atoms with Crippen molar-refractivity contribution in [1.82, 2.24) is 4.98 Å². The van der Waals surface area contributed by atoms with Crippen molar-refractivity contribution in [3.63, 3.8) is 0 Å². The van der Waals surface area contributed by atoms with Crippen LogP contribution in [0.5, 0.6) is 11.6 Å². The van der Waals surface area contributed by atoms with E-state index in [1.54, 1.807) is 0 Å². The van der Waals surface area contributed by atoms with Gasteiger partial charge in [0.2, 0.25) is 5.88 Å². The molecule has 0 radical (unpaired) electrons. The van der Waals surface area contributed by atoms with E-state index < -0.39 is 33.6 Å². The molecule has 0 amide bonds. The third-order valence-electron chi connectivity index (χ3n) is 4.18. The second-order valence-electron chi connectivity index (χ2n) is 6.33. The van der Waals surface area contributed by atoms with E-state index in [1.807, 2.05) is 0 Å². The number of aromatic nitrogens is 1. The van der Waals surface area contributed by atoms with Crippen molar-refractivity contribution in [3.8, 4) is 11.6 Å². The minimum Gasteiger partial charge on any atom is -0.406 e. The summed E-state index contributed by atoms with van der Waals surface area (Å²) in [5.41, 5.74) is -4.41. The van der Waals surface area contributed by atoms with E-state index in [2.05, 4.69) is 19.2 Å². The average molecular weight is 456 g/mol. The highest BCUT2D eigenvalue weighted by molar-refractivity contribution is 7.87. The van der Waals surface area contributed by atoms with Crippen molar-refractivity contribution < 1.29 is 43.7 Å². The maximum Gasteiger partial charge on any atom is 0.573 e. The number of nitrogens with zero attached hydrogens (tertiary/aromatic N) is 1. The smallest absolute Gasteiger partial charge is 0.406 e. The summed E-state index contributed by atoms with van der Waals surface area (Å²) in [7, 11) is -5.88. The molecule has 2 aromatic rings. The van der Waals surface area contributed by atoms with Crippen LogP contribution in [0, 0.1) is 0 Å². The molecule has 13 heteroatoms. The summed E-state index contributed by atoms with van der Waals surface area (Å²) in [5.74, 6) is -1.13. The lowest BCUT2D eigenvalue weighted by atomic mass is 9.91. The number of hydrogen-bond donors (Lipinski definition) is 1. The van der Waals surface area contributed by atoms with E-state index in [1.165, 1.54) is 12.1 Å². The van der Waals surface area contributed by atoms with Crippen LogP contribution in [0.15, 0.2) is 30.5 Å². The van der Waals surface area contributed by atoms with Gasteiger partial charge in [0.15, 0.2) is 0 Å². The number of pyridine rings is 1. The summed E-state index contributed by atoms with van der Waals surface area (Å²) in [6, 6.07) is 4.96. The van der Waals surface area contributed by atoms with E-state index in [0.29, 0.717) is 30.5 Å². The first-order valence-electron chi connectivity index (χ1n) is 8.50. The molecule has 1 heterocycles. The molecule has 164 valence electrons. The molecule has 3 rings (SSSR count). The fraction of sp³-hybridized carbons (Fsp3) is 0.353. The number of benzene rings is 1. The largest absolute Gasteiger partial charge is 0.573 e. The van der Waals surface area contributed by atoms with Crippen LogP contribution in [-0.4, -0.2) is 25.3 Å². The van der Waals surface area contributed by atoms with Crippen molar-refractivity contribution in [1.29, 1.82) is 0 Å². The zero-order valence-corrected chi connectivity index (χ0v) is 15.8. The summed E-state index contributed by atoms with van der Waals surface area (Å²) in [6.07, 6.45) is -1.92. The molecule has 0 spiro atoms. The van der Waals surface area contributed by atoms with Gasteiger partial charge in [-0.3, -0.25) is 0 Å². The zero-order chi connectivity index (χ0) is 22.2. The molecule has 0 aliphatic heterocycles. The molecule has 1 aromatic heterocycles. The Bertz CT molecular complexity index is 1040. The zero-order valence-electron chi connectivity index (χ0n) is 15.0. The maximum atomic E-state index is 12.6. The van der Waals surface area contributed by atoms with Gasteiger partial charge in [-0.05, 0) is 43.4 Å². The van der Waals surface area contributed by atoms with Gasteiger partial charge in [0.25, 0.3) is 0 Å². The first-order valence-corrected chi connectivity index (χ1v) is 9.91. The monoisotopic (exact) mass is 456 g/mol. The lowest BCUT2D eigenvalue weighted by Crippen LogP contribution is -2.29. The second kappa shape index (κ2) is 7.85. The van der Waals surface area contributed by atoms with Crippen molar-refractivity contribution in [2.24, 2.45) is 0 Å². The Labute approximate surface area is 166 Å². The first-order chi connectivity index (χ1) is 13.9. The lowest BCUT2D eigenvalue weighted by molar-refractivity contribution is -0.274. The minimum atomic E-state index is -5.88. The summed E-state index contributed by atoms with van der Waals surface area (Å²) >= 11 is 0. The molecular formula is C17H14F6N2O4S. The predicted molar refractivity (Wildman–Crippen MR) is 92.9 cm³/mol. The minimum absolute atomic E-state index is 0.196. The molecule has 1 aliphatic rings. The molecule has 0 atom stereocenters. The molecule has 6 nitrogen and oxygen atoms in total. The van der Waals surface area contributed by atoms with Gasteiger partial charge in [0.1, 0.15) is 5.75 Å².